The van der Waals surface area contributed by atoms with Gasteiger partial charge >= 0.3 is 6.09 Å². The monoisotopic (exact) mass is 298 g/mol. The molecule has 2 heterocycles. The molecule has 2 rings (SSSR count). The Balaban J connectivity index is 2.16. The summed E-state index contributed by atoms with van der Waals surface area (Å²) in [7, 11) is 0. The molecule has 5 nitrogen and oxygen atoms in total. The number of nitrogens with zero attached hydrogens (tertiary/aromatic N) is 1. The Morgan fingerprint density at radius 2 is 2.35 bits per heavy atom. The molecule has 1 aliphatic heterocycles. The van der Waals surface area contributed by atoms with Crippen LogP contribution in [0.15, 0.2) is 17.5 Å². The van der Waals surface area contributed by atoms with Crippen LogP contribution in [-0.2, 0) is 10.3 Å². The molecule has 0 aromatic carbocycles. The number of carbonyl (C=O) groups excluding carboxylic acids is 1. The molecule has 0 unspecified atom stereocenters. The number of likely N-dealkylation sites (tertiary alicyclic amines) is 1. The molecule has 1 aromatic rings. The predicted octanol–water partition coefficient (Wildman–Crippen LogP) is 1.76. The molecule has 2 atom stereocenters. The molecule has 0 saturated carbocycles. The summed E-state index contributed by atoms with van der Waals surface area (Å²) in [5, 5.41) is 11.5. The summed E-state index contributed by atoms with van der Waals surface area (Å²) in [5.74, 6) is -0.173. The summed E-state index contributed by atoms with van der Waals surface area (Å²) in [6.07, 6.45) is -0.375. The maximum atomic E-state index is 12.1. The Labute approximate surface area is 123 Å². The predicted molar refractivity (Wildman–Crippen MR) is 78.6 cm³/mol. The number of rotatable bonds is 2. The van der Waals surface area contributed by atoms with Crippen LogP contribution < -0.4 is 5.73 Å². The fourth-order valence-corrected chi connectivity index (χ4v) is 3.36. The fourth-order valence-electron chi connectivity index (χ4n) is 2.45. The average Bonchev–Trinajstić information content (AvgIpc) is 2.94. The number of carbonyl (C=O) groups is 1. The molecule has 1 saturated heterocycles. The van der Waals surface area contributed by atoms with Gasteiger partial charge < -0.3 is 20.5 Å². The summed E-state index contributed by atoms with van der Waals surface area (Å²) < 4.78 is 5.38. The third-order valence-corrected chi connectivity index (χ3v) is 4.54. The lowest BCUT2D eigenvalue weighted by atomic mass is 9.87. The van der Waals surface area contributed by atoms with Gasteiger partial charge in [0.05, 0.1) is 5.54 Å². The molecule has 0 spiro atoms. The van der Waals surface area contributed by atoms with Crippen molar-refractivity contribution in [2.24, 2.45) is 11.7 Å². The molecule has 1 aliphatic rings. The summed E-state index contributed by atoms with van der Waals surface area (Å²) in [6.45, 7) is 6.24. The largest absolute Gasteiger partial charge is 0.444 e. The third-order valence-electron chi connectivity index (χ3n) is 3.47. The number of hydrogen-bond acceptors (Lipinski definition) is 5. The first kappa shape index (κ1) is 15.3. The lowest BCUT2D eigenvalue weighted by Gasteiger charge is -2.28. The quantitative estimate of drug-likeness (QED) is 0.872. The molecule has 112 valence electrons. The van der Waals surface area contributed by atoms with E-state index in [-0.39, 0.29) is 18.6 Å². The van der Waals surface area contributed by atoms with Crippen LogP contribution in [0.1, 0.15) is 25.6 Å². The Bertz CT molecular complexity index is 469. The molecule has 20 heavy (non-hydrogen) atoms. The van der Waals surface area contributed by atoms with Gasteiger partial charge in [0.15, 0.2) is 0 Å². The summed E-state index contributed by atoms with van der Waals surface area (Å²) in [5.41, 5.74) is 5.24. The van der Waals surface area contributed by atoms with E-state index in [0.717, 1.165) is 4.88 Å². The SMILES string of the molecule is CC(C)(C)OC(=O)N1C[C@@H](CO)[C@](N)(c2cccs2)C1. The zero-order valence-electron chi connectivity index (χ0n) is 12.1. The van der Waals surface area contributed by atoms with E-state index < -0.39 is 11.1 Å². The van der Waals surface area contributed by atoms with Crippen LogP contribution in [0.5, 0.6) is 0 Å². The van der Waals surface area contributed by atoms with Crippen molar-refractivity contribution in [3.8, 4) is 0 Å². The van der Waals surface area contributed by atoms with Crippen LogP contribution >= 0.6 is 11.3 Å². The maximum Gasteiger partial charge on any atom is 0.410 e. The summed E-state index contributed by atoms with van der Waals surface area (Å²) >= 11 is 1.55. The van der Waals surface area contributed by atoms with E-state index >= 15 is 0 Å². The van der Waals surface area contributed by atoms with Crippen LogP contribution in [0.25, 0.3) is 0 Å². The number of hydrogen-bond donors (Lipinski definition) is 2. The maximum absolute atomic E-state index is 12.1. The van der Waals surface area contributed by atoms with Crippen molar-refractivity contribution >= 4 is 17.4 Å². The second-order valence-corrected chi connectivity index (χ2v) is 7.21. The van der Waals surface area contributed by atoms with Crippen molar-refractivity contribution in [1.82, 2.24) is 4.90 Å². The third kappa shape index (κ3) is 2.97. The van der Waals surface area contributed by atoms with Crippen molar-refractivity contribution < 1.29 is 14.6 Å². The van der Waals surface area contributed by atoms with Crippen LogP contribution in [0.3, 0.4) is 0 Å². The van der Waals surface area contributed by atoms with Crippen molar-refractivity contribution in [1.29, 1.82) is 0 Å². The smallest absolute Gasteiger partial charge is 0.410 e. The van der Waals surface area contributed by atoms with E-state index in [1.165, 1.54) is 0 Å². The standard InChI is InChI=1S/C14H22N2O3S/c1-13(2,3)19-12(18)16-7-10(8-17)14(15,9-16)11-5-4-6-20-11/h4-6,10,17H,7-9,15H2,1-3H3/t10-,14-/m0/s1. The highest BCUT2D eigenvalue weighted by Crippen LogP contribution is 2.37. The lowest BCUT2D eigenvalue weighted by Crippen LogP contribution is -2.46. The van der Waals surface area contributed by atoms with Gasteiger partial charge in [0, 0.05) is 30.5 Å². The second-order valence-electron chi connectivity index (χ2n) is 6.26. The highest BCUT2D eigenvalue weighted by molar-refractivity contribution is 7.10. The van der Waals surface area contributed by atoms with Crippen molar-refractivity contribution in [2.45, 2.75) is 31.9 Å². The number of nitrogens with two attached hydrogens (primary N) is 1. The summed E-state index contributed by atoms with van der Waals surface area (Å²) in [4.78, 5) is 14.7. The van der Waals surface area contributed by atoms with Crippen LogP contribution in [-0.4, -0.2) is 41.4 Å². The Kier molecular flexibility index (Phi) is 4.09. The zero-order chi connectivity index (χ0) is 15.0. The van der Waals surface area contributed by atoms with E-state index in [1.807, 2.05) is 38.3 Å². The molecular formula is C14H22N2O3S. The van der Waals surface area contributed by atoms with E-state index in [0.29, 0.717) is 13.1 Å². The van der Waals surface area contributed by atoms with Crippen LogP contribution in [0.2, 0.25) is 0 Å². The molecule has 0 aliphatic carbocycles. The van der Waals surface area contributed by atoms with E-state index in [9.17, 15) is 9.90 Å². The summed E-state index contributed by atoms with van der Waals surface area (Å²) in [6, 6.07) is 3.88. The second kappa shape index (κ2) is 5.35. The number of ether oxygens (including phenoxy) is 1. The van der Waals surface area contributed by atoms with Gasteiger partial charge in [0.2, 0.25) is 0 Å². The van der Waals surface area contributed by atoms with Gasteiger partial charge in [-0.05, 0) is 32.2 Å². The topological polar surface area (TPSA) is 75.8 Å². The minimum absolute atomic E-state index is 0.0479. The van der Waals surface area contributed by atoms with Gasteiger partial charge in [-0.3, -0.25) is 0 Å². The van der Waals surface area contributed by atoms with Gasteiger partial charge in [-0.1, -0.05) is 6.07 Å². The highest BCUT2D eigenvalue weighted by atomic mass is 32.1. The molecule has 0 radical (unpaired) electrons. The minimum Gasteiger partial charge on any atom is -0.444 e. The van der Waals surface area contributed by atoms with E-state index in [2.05, 4.69) is 0 Å². The molecule has 1 fully saturated rings. The molecule has 3 N–H and O–H groups in total. The first-order valence-electron chi connectivity index (χ1n) is 6.68. The minimum atomic E-state index is -0.695. The highest BCUT2D eigenvalue weighted by Gasteiger charge is 2.47. The number of amides is 1. The fraction of sp³-hybridized carbons (Fsp3) is 0.643. The number of thiophene rings is 1. The molecule has 1 aromatic heterocycles. The first-order chi connectivity index (χ1) is 9.26. The van der Waals surface area contributed by atoms with Crippen molar-refractivity contribution in [2.75, 3.05) is 19.7 Å². The Morgan fingerprint density at radius 1 is 1.65 bits per heavy atom. The van der Waals surface area contributed by atoms with E-state index in [1.54, 1.807) is 16.2 Å². The first-order valence-corrected chi connectivity index (χ1v) is 7.56. The van der Waals surface area contributed by atoms with Gasteiger partial charge in [0.1, 0.15) is 5.60 Å². The zero-order valence-corrected chi connectivity index (χ0v) is 12.9. The molecular weight excluding hydrogens is 276 g/mol. The van der Waals surface area contributed by atoms with Gasteiger partial charge in [-0.25, -0.2) is 4.79 Å². The lowest BCUT2D eigenvalue weighted by molar-refractivity contribution is 0.0279. The Morgan fingerprint density at radius 3 is 2.85 bits per heavy atom. The van der Waals surface area contributed by atoms with Gasteiger partial charge in [-0.15, -0.1) is 11.3 Å². The Hall–Kier alpha value is -1.11. The van der Waals surface area contributed by atoms with Crippen LogP contribution in [0, 0.1) is 5.92 Å². The average molecular weight is 298 g/mol. The molecule has 1 amide bonds. The number of aliphatic hydroxyl groups excluding tert-OH is 1. The van der Waals surface area contributed by atoms with Gasteiger partial charge in [-0.2, -0.15) is 0 Å². The number of aliphatic hydroxyl groups is 1. The molecule has 6 heteroatoms. The van der Waals surface area contributed by atoms with Gasteiger partial charge in [0.25, 0.3) is 0 Å². The van der Waals surface area contributed by atoms with E-state index in [4.69, 9.17) is 10.5 Å². The van der Waals surface area contributed by atoms with Crippen LogP contribution in [0.4, 0.5) is 4.79 Å². The molecule has 0 bridgehead atoms. The van der Waals surface area contributed by atoms with Crippen molar-refractivity contribution in [3.63, 3.8) is 0 Å². The normalized spacial score (nSPS) is 26.9. The van der Waals surface area contributed by atoms with Crippen molar-refractivity contribution in [3.05, 3.63) is 22.4 Å².